The van der Waals surface area contributed by atoms with E-state index in [9.17, 15) is 28.3 Å². The second kappa shape index (κ2) is 9.81. The highest BCUT2D eigenvalue weighted by atomic mass is 32.1. The van der Waals surface area contributed by atoms with E-state index in [1.807, 2.05) is 13.8 Å². The van der Waals surface area contributed by atoms with Crippen LogP contribution in [0.4, 0.5) is 8.78 Å². The summed E-state index contributed by atoms with van der Waals surface area (Å²) in [7, 11) is 3.26. The van der Waals surface area contributed by atoms with Gasteiger partial charge in [-0.3, -0.25) is 14.4 Å². The van der Waals surface area contributed by atoms with Crippen molar-refractivity contribution >= 4 is 23.2 Å². The lowest BCUT2D eigenvalue weighted by atomic mass is 10.0. The molecule has 1 atom stereocenters. The van der Waals surface area contributed by atoms with Gasteiger partial charge in [-0.2, -0.15) is 0 Å². The lowest BCUT2D eigenvalue weighted by Gasteiger charge is -2.38. The van der Waals surface area contributed by atoms with Gasteiger partial charge in [-0.25, -0.2) is 13.8 Å². The van der Waals surface area contributed by atoms with Crippen molar-refractivity contribution in [2.75, 3.05) is 20.6 Å². The van der Waals surface area contributed by atoms with Gasteiger partial charge in [-0.05, 0) is 25.5 Å². The highest BCUT2D eigenvalue weighted by molar-refractivity contribution is 7.15. The lowest BCUT2D eigenvalue weighted by molar-refractivity contribution is -0.129. The number of thiazole rings is 1. The second-order valence-electron chi connectivity index (χ2n) is 9.22. The third-order valence-electron chi connectivity index (χ3n) is 6.17. The minimum absolute atomic E-state index is 0.0607. The number of fused-ring (bicyclic) bond motifs is 1. The summed E-state index contributed by atoms with van der Waals surface area (Å²) < 4.78 is 28.8. The summed E-state index contributed by atoms with van der Waals surface area (Å²) in [4.78, 5) is 46.7. The fourth-order valence-corrected chi connectivity index (χ4v) is 5.11. The van der Waals surface area contributed by atoms with Crippen LogP contribution in [0.5, 0.6) is 5.75 Å². The average molecular weight is 517 g/mol. The largest absolute Gasteiger partial charge is 0.503 e. The first-order valence-corrected chi connectivity index (χ1v) is 12.2. The number of aromatic hydroxyl groups is 1. The van der Waals surface area contributed by atoms with E-state index >= 15 is 0 Å². The Hall–Kier alpha value is -3.60. The van der Waals surface area contributed by atoms with Crippen LogP contribution in [0.3, 0.4) is 0 Å². The van der Waals surface area contributed by atoms with Crippen molar-refractivity contribution in [3.63, 3.8) is 0 Å². The SMILES string of the molecule is CC(C)N1CC(CC(=O)N(C)C)n2cc(-c3ncc(Cc4ccc(F)cc4F)s3)c(=O)c(O)c2C1=O. The number of benzene rings is 1. The number of halogens is 2. The molecule has 0 radical (unpaired) electrons. The molecule has 1 N–H and O–H groups in total. The molecule has 3 aromatic rings. The predicted octanol–water partition coefficient (Wildman–Crippen LogP) is 3.43. The molecule has 0 fully saturated rings. The normalized spacial score (nSPS) is 15.4. The number of aromatic nitrogens is 2. The number of pyridine rings is 1. The van der Waals surface area contributed by atoms with Crippen molar-refractivity contribution in [1.82, 2.24) is 19.4 Å². The van der Waals surface area contributed by atoms with E-state index in [1.165, 1.54) is 38.9 Å². The van der Waals surface area contributed by atoms with Gasteiger partial charge in [0.15, 0.2) is 11.4 Å². The van der Waals surface area contributed by atoms with Gasteiger partial charge >= 0.3 is 0 Å². The molecule has 8 nitrogen and oxygen atoms in total. The van der Waals surface area contributed by atoms with E-state index in [0.29, 0.717) is 4.88 Å². The maximum Gasteiger partial charge on any atom is 0.274 e. The van der Waals surface area contributed by atoms with E-state index in [0.717, 1.165) is 17.4 Å². The molecule has 11 heteroatoms. The summed E-state index contributed by atoms with van der Waals surface area (Å²) in [6, 6.07) is 2.61. The van der Waals surface area contributed by atoms with Gasteiger partial charge in [0.25, 0.3) is 5.91 Å². The van der Waals surface area contributed by atoms with Crippen molar-refractivity contribution < 1.29 is 23.5 Å². The molecule has 1 unspecified atom stereocenters. The van der Waals surface area contributed by atoms with Gasteiger partial charge in [-0.15, -0.1) is 11.3 Å². The number of amides is 2. The molecule has 4 rings (SSSR count). The molecule has 0 saturated carbocycles. The van der Waals surface area contributed by atoms with Gasteiger partial charge < -0.3 is 19.5 Å². The maximum atomic E-state index is 14.1. The zero-order valence-electron chi connectivity index (χ0n) is 20.3. The summed E-state index contributed by atoms with van der Waals surface area (Å²) in [5.74, 6) is -2.72. The molecule has 190 valence electrons. The third kappa shape index (κ3) is 4.75. The summed E-state index contributed by atoms with van der Waals surface area (Å²) in [5, 5.41) is 11.1. The van der Waals surface area contributed by atoms with Crippen LogP contribution >= 0.6 is 11.3 Å². The van der Waals surface area contributed by atoms with Crippen LogP contribution in [0, 0.1) is 11.6 Å². The first kappa shape index (κ1) is 25.5. The molecule has 0 spiro atoms. The minimum atomic E-state index is -0.758. The molecule has 0 bridgehead atoms. The molecular formula is C25H26F2N4O4S. The fourth-order valence-electron chi connectivity index (χ4n) is 4.16. The first-order valence-electron chi connectivity index (χ1n) is 11.4. The Bertz CT molecular complexity index is 1400. The molecule has 2 aromatic heterocycles. The van der Waals surface area contributed by atoms with Crippen LogP contribution in [0.2, 0.25) is 0 Å². The molecule has 1 aliphatic rings. The Morgan fingerprint density at radius 1 is 1.28 bits per heavy atom. The Labute approximate surface area is 210 Å². The number of carbonyl (C=O) groups is 2. The third-order valence-corrected chi connectivity index (χ3v) is 7.20. The summed E-state index contributed by atoms with van der Waals surface area (Å²) in [5.41, 5.74) is -0.574. The van der Waals surface area contributed by atoms with E-state index in [-0.39, 0.29) is 53.2 Å². The van der Waals surface area contributed by atoms with E-state index in [4.69, 9.17) is 0 Å². The molecular weight excluding hydrogens is 490 g/mol. The van der Waals surface area contributed by atoms with E-state index < -0.39 is 34.8 Å². The fraction of sp³-hybridized carbons (Fsp3) is 0.360. The van der Waals surface area contributed by atoms with Crippen molar-refractivity contribution in [1.29, 1.82) is 0 Å². The van der Waals surface area contributed by atoms with Crippen molar-refractivity contribution in [2.45, 2.75) is 38.8 Å². The second-order valence-corrected chi connectivity index (χ2v) is 10.3. The smallest absolute Gasteiger partial charge is 0.274 e. The zero-order valence-corrected chi connectivity index (χ0v) is 21.1. The van der Waals surface area contributed by atoms with Crippen LogP contribution in [0.1, 0.15) is 47.2 Å². The maximum absolute atomic E-state index is 14.1. The number of hydrogen-bond donors (Lipinski definition) is 1. The van der Waals surface area contributed by atoms with Crippen LogP contribution in [0.15, 0.2) is 35.4 Å². The molecule has 1 aliphatic heterocycles. The quantitative estimate of drug-likeness (QED) is 0.542. The number of rotatable bonds is 6. The molecule has 0 aliphatic carbocycles. The van der Waals surface area contributed by atoms with E-state index in [2.05, 4.69) is 4.98 Å². The van der Waals surface area contributed by atoms with Crippen LogP contribution in [0.25, 0.3) is 10.6 Å². The standard InChI is InChI=1S/C25H26F2N4O4S/c1-13(2)30-11-16(9-20(32)29(3)4)31-12-18(22(33)23(34)21(31)25(30)35)24-28-10-17(36-24)7-14-5-6-15(26)8-19(14)27/h5-6,8,10,12-13,16,34H,7,9,11H2,1-4H3. The van der Waals surface area contributed by atoms with Crippen LogP contribution < -0.4 is 5.43 Å². The number of hydrogen-bond acceptors (Lipinski definition) is 6. The van der Waals surface area contributed by atoms with Crippen LogP contribution in [-0.4, -0.2) is 63.0 Å². The highest BCUT2D eigenvalue weighted by Gasteiger charge is 2.37. The van der Waals surface area contributed by atoms with Gasteiger partial charge in [0.05, 0.1) is 11.6 Å². The minimum Gasteiger partial charge on any atom is -0.503 e. The summed E-state index contributed by atoms with van der Waals surface area (Å²) in [6.07, 6.45) is 3.15. The Kier molecular flexibility index (Phi) is 6.94. The Balaban J connectivity index is 1.76. The Morgan fingerprint density at radius 3 is 2.64 bits per heavy atom. The van der Waals surface area contributed by atoms with E-state index in [1.54, 1.807) is 14.1 Å². The van der Waals surface area contributed by atoms with Crippen LogP contribution in [-0.2, 0) is 11.2 Å². The average Bonchev–Trinajstić information content (AvgIpc) is 3.27. The van der Waals surface area contributed by atoms with Gasteiger partial charge in [0.2, 0.25) is 11.3 Å². The zero-order chi connectivity index (χ0) is 26.3. The summed E-state index contributed by atoms with van der Waals surface area (Å²) >= 11 is 1.13. The highest BCUT2D eigenvalue weighted by Crippen LogP contribution is 2.33. The van der Waals surface area contributed by atoms with Crippen molar-refractivity contribution in [2.24, 2.45) is 0 Å². The molecule has 0 saturated heterocycles. The van der Waals surface area contributed by atoms with Gasteiger partial charge in [0.1, 0.15) is 16.6 Å². The molecule has 3 heterocycles. The monoisotopic (exact) mass is 516 g/mol. The lowest BCUT2D eigenvalue weighted by Crippen LogP contribution is -2.48. The predicted molar refractivity (Wildman–Crippen MR) is 131 cm³/mol. The van der Waals surface area contributed by atoms with Gasteiger partial charge in [-0.1, -0.05) is 6.07 Å². The Morgan fingerprint density at radius 2 is 2.00 bits per heavy atom. The molecule has 2 amide bonds. The van der Waals surface area contributed by atoms with Crippen molar-refractivity contribution in [3.8, 4) is 16.3 Å². The molecule has 1 aromatic carbocycles. The van der Waals surface area contributed by atoms with Gasteiger partial charge in [0, 0.05) is 62.9 Å². The van der Waals surface area contributed by atoms with Crippen molar-refractivity contribution in [3.05, 3.63) is 68.6 Å². The number of carbonyl (C=O) groups excluding carboxylic acids is 2. The first-order chi connectivity index (χ1) is 17.0. The molecule has 36 heavy (non-hydrogen) atoms. The topological polar surface area (TPSA) is 95.7 Å². The number of nitrogens with zero attached hydrogens (tertiary/aromatic N) is 4. The summed E-state index contributed by atoms with van der Waals surface area (Å²) in [6.45, 7) is 3.88.